The molecule has 0 radical (unpaired) electrons. The molecule has 1 aromatic rings. The van der Waals surface area contributed by atoms with Gasteiger partial charge in [0.15, 0.2) is 0 Å². The van der Waals surface area contributed by atoms with Gasteiger partial charge in [-0.1, -0.05) is 58.9 Å². The quantitative estimate of drug-likeness (QED) is 0.802. The SMILES string of the molecule is CC(C)[C@@](C)(O)c1cccc(C(C)(C)C)c1. The third kappa shape index (κ3) is 2.65. The second-order valence-corrected chi connectivity index (χ2v) is 6.13. The lowest BCUT2D eigenvalue weighted by molar-refractivity contribution is 0.00894. The fraction of sp³-hybridized carbons (Fsp3) is 0.600. The fourth-order valence-corrected chi connectivity index (χ4v) is 1.63. The molecule has 1 aromatic carbocycles. The molecule has 1 N–H and O–H groups in total. The third-order valence-corrected chi connectivity index (χ3v) is 3.44. The summed E-state index contributed by atoms with van der Waals surface area (Å²) in [6.07, 6.45) is 0. The van der Waals surface area contributed by atoms with Gasteiger partial charge >= 0.3 is 0 Å². The minimum atomic E-state index is -0.749. The van der Waals surface area contributed by atoms with Crippen molar-refractivity contribution in [2.24, 2.45) is 5.92 Å². The first-order chi connectivity index (χ1) is 7.15. The second-order valence-electron chi connectivity index (χ2n) is 6.13. The Hall–Kier alpha value is -0.820. The van der Waals surface area contributed by atoms with Crippen molar-refractivity contribution in [1.82, 2.24) is 0 Å². The summed E-state index contributed by atoms with van der Waals surface area (Å²) in [4.78, 5) is 0. The Morgan fingerprint density at radius 1 is 1.00 bits per heavy atom. The largest absolute Gasteiger partial charge is 0.385 e. The molecule has 0 aliphatic carbocycles. The van der Waals surface area contributed by atoms with Crippen LogP contribution in [0, 0.1) is 5.92 Å². The van der Waals surface area contributed by atoms with Gasteiger partial charge in [-0.25, -0.2) is 0 Å². The van der Waals surface area contributed by atoms with Gasteiger partial charge in [-0.2, -0.15) is 0 Å². The van der Waals surface area contributed by atoms with Gasteiger partial charge in [-0.3, -0.25) is 0 Å². The number of hydrogen-bond donors (Lipinski definition) is 1. The highest BCUT2D eigenvalue weighted by atomic mass is 16.3. The summed E-state index contributed by atoms with van der Waals surface area (Å²) in [5.74, 6) is 0.211. The lowest BCUT2D eigenvalue weighted by atomic mass is 9.80. The van der Waals surface area contributed by atoms with E-state index >= 15 is 0 Å². The van der Waals surface area contributed by atoms with E-state index < -0.39 is 5.60 Å². The predicted octanol–water partition coefficient (Wildman–Crippen LogP) is 3.85. The van der Waals surface area contributed by atoms with Crippen molar-refractivity contribution in [1.29, 1.82) is 0 Å². The molecule has 0 aliphatic rings. The molecule has 0 spiro atoms. The van der Waals surface area contributed by atoms with E-state index in [1.54, 1.807) is 0 Å². The maximum Gasteiger partial charge on any atom is 0.0891 e. The van der Waals surface area contributed by atoms with Crippen LogP contribution in [0.3, 0.4) is 0 Å². The molecule has 0 saturated heterocycles. The molecule has 0 aliphatic heterocycles. The number of benzene rings is 1. The van der Waals surface area contributed by atoms with Gasteiger partial charge in [0.1, 0.15) is 0 Å². The molecule has 1 atom stereocenters. The molecule has 0 fully saturated rings. The molecule has 0 aromatic heterocycles. The Morgan fingerprint density at radius 3 is 1.94 bits per heavy atom. The highest BCUT2D eigenvalue weighted by Gasteiger charge is 2.28. The Labute approximate surface area is 99.5 Å². The van der Waals surface area contributed by atoms with Crippen molar-refractivity contribution in [3.8, 4) is 0 Å². The van der Waals surface area contributed by atoms with Gasteiger partial charge in [0, 0.05) is 0 Å². The lowest BCUT2D eigenvalue weighted by Gasteiger charge is -2.30. The number of aliphatic hydroxyl groups is 1. The highest BCUT2D eigenvalue weighted by molar-refractivity contribution is 5.32. The minimum absolute atomic E-state index is 0.128. The van der Waals surface area contributed by atoms with Crippen LogP contribution in [0.25, 0.3) is 0 Å². The van der Waals surface area contributed by atoms with E-state index in [9.17, 15) is 5.11 Å². The van der Waals surface area contributed by atoms with Crippen LogP contribution < -0.4 is 0 Å². The van der Waals surface area contributed by atoms with E-state index in [4.69, 9.17) is 0 Å². The summed E-state index contributed by atoms with van der Waals surface area (Å²) in [6.45, 7) is 12.6. The molecule has 0 bridgehead atoms. The first-order valence-electron chi connectivity index (χ1n) is 5.99. The Morgan fingerprint density at radius 2 is 1.50 bits per heavy atom. The van der Waals surface area contributed by atoms with Crippen LogP contribution in [0.5, 0.6) is 0 Å². The summed E-state index contributed by atoms with van der Waals surface area (Å²) < 4.78 is 0. The van der Waals surface area contributed by atoms with Crippen LogP contribution in [-0.4, -0.2) is 5.11 Å². The van der Waals surface area contributed by atoms with E-state index in [0.717, 1.165) is 5.56 Å². The average molecular weight is 220 g/mol. The number of rotatable bonds is 2. The third-order valence-electron chi connectivity index (χ3n) is 3.44. The standard InChI is InChI=1S/C15H24O/c1-11(2)15(6,16)13-9-7-8-12(10-13)14(3,4)5/h7-11,16H,1-6H3/t15-/m1/s1. The van der Waals surface area contributed by atoms with Crippen molar-refractivity contribution in [2.45, 2.75) is 52.6 Å². The van der Waals surface area contributed by atoms with Gasteiger partial charge in [-0.05, 0) is 29.4 Å². The molecular weight excluding hydrogens is 196 g/mol. The fourth-order valence-electron chi connectivity index (χ4n) is 1.63. The molecule has 0 unspecified atom stereocenters. The van der Waals surface area contributed by atoms with Crippen LogP contribution in [0.2, 0.25) is 0 Å². The molecule has 0 saturated carbocycles. The summed E-state index contributed by atoms with van der Waals surface area (Å²) in [6, 6.07) is 8.29. The van der Waals surface area contributed by atoms with E-state index in [1.165, 1.54) is 5.56 Å². The van der Waals surface area contributed by atoms with E-state index in [0.29, 0.717) is 0 Å². The zero-order valence-corrected chi connectivity index (χ0v) is 11.3. The average Bonchev–Trinajstić information content (AvgIpc) is 2.16. The maximum absolute atomic E-state index is 10.5. The molecule has 1 heteroatoms. The smallest absolute Gasteiger partial charge is 0.0891 e. The van der Waals surface area contributed by atoms with Crippen LogP contribution in [0.1, 0.15) is 52.7 Å². The topological polar surface area (TPSA) is 20.2 Å². The van der Waals surface area contributed by atoms with Crippen molar-refractivity contribution < 1.29 is 5.11 Å². The molecule has 1 nitrogen and oxygen atoms in total. The summed E-state index contributed by atoms with van der Waals surface area (Å²) in [5, 5.41) is 10.5. The normalized spacial score (nSPS) is 16.2. The monoisotopic (exact) mass is 220 g/mol. The molecule has 0 heterocycles. The second kappa shape index (κ2) is 4.21. The predicted molar refractivity (Wildman–Crippen MR) is 69.6 cm³/mol. The molecule has 16 heavy (non-hydrogen) atoms. The molecule has 1 rings (SSSR count). The van der Waals surface area contributed by atoms with Crippen LogP contribution in [0.4, 0.5) is 0 Å². The van der Waals surface area contributed by atoms with Gasteiger partial charge in [0.05, 0.1) is 5.60 Å². The Balaban J connectivity index is 3.18. The Bertz CT molecular complexity index is 356. The van der Waals surface area contributed by atoms with E-state index in [-0.39, 0.29) is 11.3 Å². The summed E-state index contributed by atoms with van der Waals surface area (Å²) in [5.41, 5.74) is 1.66. The zero-order valence-electron chi connectivity index (χ0n) is 11.3. The van der Waals surface area contributed by atoms with Crippen LogP contribution in [-0.2, 0) is 11.0 Å². The van der Waals surface area contributed by atoms with Gasteiger partial charge in [0.2, 0.25) is 0 Å². The van der Waals surface area contributed by atoms with Crippen LogP contribution in [0.15, 0.2) is 24.3 Å². The van der Waals surface area contributed by atoms with Crippen molar-refractivity contribution in [3.63, 3.8) is 0 Å². The summed E-state index contributed by atoms with van der Waals surface area (Å²) >= 11 is 0. The first-order valence-corrected chi connectivity index (χ1v) is 5.99. The summed E-state index contributed by atoms with van der Waals surface area (Å²) in [7, 11) is 0. The van der Waals surface area contributed by atoms with Gasteiger partial charge in [-0.15, -0.1) is 0 Å². The molecular formula is C15H24O. The van der Waals surface area contributed by atoms with E-state index in [2.05, 4.69) is 32.9 Å². The maximum atomic E-state index is 10.5. The zero-order chi connectivity index (χ0) is 12.6. The van der Waals surface area contributed by atoms with E-state index in [1.807, 2.05) is 32.9 Å². The van der Waals surface area contributed by atoms with Gasteiger partial charge < -0.3 is 5.11 Å². The van der Waals surface area contributed by atoms with Crippen molar-refractivity contribution >= 4 is 0 Å². The molecule has 90 valence electrons. The minimum Gasteiger partial charge on any atom is -0.385 e. The highest BCUT2D eigenvalue weighted by Crippen LogP contribution is 2.32. The van der Waals surface area contributed by atoms with Crippen molar-refractivity contribution in [2.75, 3.05) is 0 Å². The van der Waals surface area contributed by atoms with Gasteiger partial charge in [0.25, 0.3) is 0 Å². The lowest BCUT2D eigenvalue weighted by Crippen LogP contribution is -2.28. The Kier molecular flexibility index (Phi) is 3.49. The van der Waals surface area contributed by atoms with Crippen LogP contribution >= 0.6 is 0 Å². The molecule has 0 amide bonds. The van der Waals surface area contributed by atoms with Crippen molar-refractivity contribution in [3.05, 3.63) is 35.4 Å². The first kappa shape index (κ1) is 13.2. The number of hydrogen-bond acceptors (Lipinski definition) is 1.